The van der Waals surface area contributed by atoms with E-state index in [1.165, 1.54) is 24.8 Å². The monoisotopic (exact) mass is 430 g/mol. The minimum Gasteiger partial charge on any atom is -0.462 e. The molecule has 0 heterocycles. The summed E-state index contributed by atoms with van der Waals surface area (Å²) in [6, 6.07) is 0. The Morgan fingerprint density at radius 3 is 2.55 bits per heavy atom. The van der Waals surface area contributed by atoms with Crippen molar-refractivity contribution < 1.29 is 19.4 Å². The second kappa shape index (κ2) is 9.00. The fourth-order valence-electron chi connectivity index (χ4n) is 7.61. The number of aliphatic hydroxyl groups is 1. The molecule has 174 valence electrons. The van der Waals surface area contributed by atoms with Gasteiger partial charge in [0.2, 0.25) is 0 Å². The SMILES string of the molecule is CCCCCCCC(=O)O[C@H]1CC[C@@]2(C)C(=CC(O)[C@@H]3[C@@H]2CC[C@]2(C)C(=O)CC[C@@H]32)C1. The van der Waals surface area contributed by atoms with Gasteiger partial charge >= 0.3 is 5.97 Å². The third-order valence-electron chi connectivity index (χ3n) is 9.58. The molecule has 0 aromatic carbocycles. The molecule has 3 fully saturated rings. The summed E-state index contributed by atoms with van der Waals surface area (Å²) in [7, 11) is 0. The van der Waals surface area contributed by atoms with Crippen molar-refractivity contribution >= 4 is 11.8 Å². The van der Waals surface area contributed by atoms with Gasteiger partial charge in [-0.2, -0.15) is 0 Å². The standard InChI is InChI=1S/C27H42O4/c1-4-5-6-7-8-9-24(30)31-19-12-14-26(2)18(16-19)17-22(28)25-20-10-11-23(29)27(20,3)15-13-21(25)26/h17,19-22,25,28H,4-16H2,1-3H3/t19-,20-,21-,22?,25-,26-,27-/m0/s1. The van der Waals surface area contributed by atoms with Crippen LogP contribution in [0, 0.1) is 28.6 Å². The third-order valence-corrected chi connectivity index (χ3v) is 9.58. The molecule has 0 aromatic heterocycles. The van der Waals surface area contributed by atoms with Crippen LogP contribution in [0.3, 0.4) is 0 Å². The molecule has 0 spiro atoms. The predicted octanol–water partition coefficient (Wildman–Crippen LogP) is 5.76. The van der Waals surface area contributed by atoms with E-state index in [0.717, 1.165) is 51.4 Å². The Bertz CT molecular complexity index is 727. The highest BCUT2D eigenvalue weighted by atomic mass is 16.5. The van der Waals surface area contributed by atoms with E-state index >= 15 is 0 Å². The van der Waals surface area contributed by atoms with Crippen molar-refractivity contribution in [2.75, 3.05) is 0 Å². The maximum Gasteiger partial charge on any atom is 0.306 e. The first kappa shape index (κ1) is 23.0. The Kier molecular flexibility index (Phi) is 6.68. The molecule has 3 saturated carbocycles. The zero-order valence-corrected chi connectivity index (χ0v) is 19.8. The molecule has 0 radical (unpaired) electrons. The fourth-order valence-corrected chi connectivity index (χ4v) is 7.61. The van der Waals surface area contributed by atoms with Gasteiger partial charge in [-0.3, -0.25) is 9.59 Å². The summed E-state index contributed by atoms with van der Waals surface area (Å²) in [6.07, 6.45) is 14.1. The number of rotatable bonds is 7. The lowest BCUT2D eigenvalue weighted by molar-refractivity contribution is -0.152. The second-order valence-electron chi connectivity index (χ2n) is 11.3. The summed E-state index contributed by atoms with van der Waals surface area (Å²) in [5.41, 5.74) is 1.13. The minimum atomic E-state index is -0.475. The first-order valence-corrected chi connectivity index (χ1v) is 12.9. The Morgan fingerprint density at radius 2 is 1.77 bits per heavy atom. The van der Waals surface area contributed by atoms with Crippen molar-refractivity contribution in [2.45, 2.75) is 116 Å². The highest BCUT2D eigenvalue weighted by Crippen LogP contribution is 2.64. The summed E-state index contributed by atoms with van der Waals surface area (Å²) < 4.78 is 5.86. The van der Waals surface area contributed by atoms with E-state index < -0.39 is 6.10 Å². The second-order valence-corrected chi connectivity index (χ2v) is 11.3. The quantitative estimate of drug-likeness (QED) is 0.317. The van der Waals surface area contributed by atoms with Gasteiger partial charge in [0.25, 0.3) is 0 Å². The number of ether oxygens (including phenoxy) is 1. The van der Waals surface area contributed by atoms with Crippen LogP contribution >= 0.6 is 0 Å². The van der Waals surface area contributed by atoms with E-state index in [0.29, 0.717) is 30.5 Å². The Morgan fingerprint density at radius 1 is 1.06 bits per heavy atom. The van der Waals surface area contributed by atoms with Crippen LogP contribution in [0.1, 0.15) is 104 Å². The van der Waals surface area contributed by atoms with Gasteiger partial charge in [0.05, 0.1) is 6.10 Å². The highest BCUT2D eigenvalue weighted by Gasteiger charge is 2.60. The van der Waals surface area contributed by atoms with Crippen molar-refractivity contribution in [3.63, 3.8) is 0 Å². The number of unbranched alkanes of at least 4 members (excludes halogenated alkanes) is 4. The molecule has 0 amide bonds. The molecule has 4 nitrogen and oxygen atoms in total. The molecular formula is C27H42O4. The first-order valence-electron chi connectivity index (χ1n) is 12.9. The first-order chi connectivity index (χ1) is 14.8. The van der Waals surface area contributed by atoms with E-state index in [1.54, 1.807) is 0 Å². The van der Waals surface area contributed by atoms with Crippen molar-refractivity contribution in [2.24, 2.45) is 28.6 Å². The molecule has 4 heteroatoms. The lowest BCUT2D eigenvalue weighted by Crippen LogP contribution is -2.54. The van der Waals surface area contributed by atoms with E-state index in [2.05, 4.69) is 26.8 Å². The molecular weight excluding hydrogens is 388 g/mol. The molecule has 0 bridgehead atoms. The number of ketones is 1. The van der Waals surface area contributed by atoms with E-state index in [4.69, 9.17) is 4.74 Å². The average molecular weight is 431 g/mol. The molecule has 1 unspecified atom stereocenters. The lowest BCUT2D eigenvalue weighted by atomic mass is 9.47. The number of esters is 1. The van der Waals surface area contributed by atoms with Gasteiger partial charge in [-0.25, -0.2) is 0 Å². The van der Waals surface area contributed by atoms with Gasteiger partial charge in [0.15, 0.2) is 0 Å². The summed E-state index contributed by atoms with van der Waals surface area (Å²) in [6.45, 7) is 6.72. The number of carbonyl (C=O) groups is 2. The van der Waals surface area contributed by atoms with Crippen LogP contribution in [-0.2, 0) is 14.3 Å². The molecule has 1 N–H and O–H groups in total. The average Bonchev–Trinajstić information content (AvgIpc) is 3.04. The molecule has 0 aromatic rings. The van der Waals surface area contributed by atoms with Crippen molar-refractivity contribution in [1.29, 1.82) is 0 Å². The van der Waals surface area contributed by atoms with Crippen LogP contribution in [0.25, 0.3) is 0 Å². The van der Waals surface area contributed by atoms with E-state index in [1.807, 2.05) is 0 Å². The molecule has 4 aliphatic rings. The van der Waals surface area contributed by atoms with Crippen LogP contribution in [-0.4, -0.2) is 29.1 Å². The van der Waals surface area contributed by atoms with Crippen molar-refractivity contribution in [1.82, 2.24) is 0 Å². The number of carbonyl (C=O) groups excluding carboxylic acids is 2. The predicted molar refractivity (Wildman–Crippen MR) is 121 cm³/mol. The largest absolute Gasteiger partial charge is 0.462 e. The van der Waals surface area contributed by atoms with Crippen LogP contribution < -0.4 is 0 Å². The maximum atomic E-state index is 12.6. The molecule has 31 heavy (non-hydrogen) atoms. The van der Waals surface area contributed by atoms with E-state index in [9.17, 15) is 14.7 Å². The maximum absolute atomic E-state index is 12.6. The summed E-state index contributed by atoms with van der Waals surface area (Å²) in [5, 5.41) is 11.2. The van der Waals surface area contributed by atoms with Crippen molar-refractivity contribution in [3.8, 4) is 0 Å². The number of fused-ring (bicyclic) bond motifs is 5. The lowest BCUT2D eigenvalue weighted by Gasteiger charge is -2.58. The Hall–Kier alpha value is -1.16. The zero-order valence-electron chi connectivity index (χ0n) is 19.8. The number of Topliss-reactive ketones (excluding diaryl/α,β-unsaturated/α-hetero) is 1. The topological polar surface area (TPSA) is 63.6 Å². The summed E-state index contributed by atoms with van der Waals surface area (Å²) in [4.78, 5) is 24.9. The normalized spacial score (nSPS) is 41.7. The van der Waals surface area contributed by atoms with Gasteiger partial charge in [-0.05, 0) is 61.7 Å². The minimum absolute atomic E-state index is 0.0480. The van der Waals surface area contributed by atoms with Crippen molar-refractivity contribution in [3.05, 3.63) is 11.6 Å². The Balaban J connectivity index is 1.40. The van der Waals surface area contributed by atoms with Gasteiger partial charge in [-0.15, -0.1) is 0 Å². The van der Waals surface area contributed by atoms with Gasteiger partial charge in [0.1, 0.15) is 11.9 Å². The molecule has 0 saturated heterocycles. The van der Waals surface area contributed by atoms with E-state index in [-0.39, 0.29) is 28.8 Å². The molecule has 4 rings (SSSR count). The Labute approximate surface area is 188 Å². The van der Waals surface area contributed by atoms with Crippen LogP contribution in [0.15, 0.2) is 11.6 Å². The smallest absolute Gasteiger partial charge is 0.306 e. The van der Waals surface area contributed by atoms with Crippen LogP contribution in [0.4, 0.5) is 0 Å². The number of aliphatic hydroxyl groups excluding tert-OH is 1. The number of hydrogen-bond acceptors (Lipinski definition) is 4. The third kappa shape index (κ3) is 4.14. The molecule has 0 aliphatic heterocycles. The molecule has 7 atom stereocenters. The number of hydrogen-bond donors (Lipinski definition) is 1. The van der Waals surface area contributed by atoms with Crippen LogP contribution in [0.2, 0.25) is 0 Å². The zero-order chi connectivity index (χ0) is 22.2. The van der Waals surface area contributed by atoms with Gasteiger partial charge < -0.3 is 9.84 Å². The van der Waals surface area contributed by atoms with Gasteiger partial charge in [0, 0.05) is 24.7 Å². The summed E-state index contributed by atoms with van der Waals surface area (Å²) in [5.74, 6) is 1.29. The highest BCUT2D eigenvalue weighted by molar-refractivity contribution is 5.87. The van der Waals surface area contributed by atoms with Crippen LogP contribution in [0.5, 0.6) is 0 Å². The molecule has 4 aliphatic carbocycles. The van der Waals surface area contributed by atoms with Gasteiger partial charge in [-0.1, -0.05) is 58.1 Å². The fraction of sp³-hybridized carbons (Fsp3) is 0.852. The summed E-state index contributed by atoms with van der Waals surface area (Å²) >= 11 is 0.